The Labute approximate surface area is 442 Å². The highest BCUT2D eigenvalue weighted by Crippen LogP contribution is 2.38. The van der Waals surface area contributed by atoms with E-state index >= 15 is 0 Å². The lowest BCUT2D eigenvalue weighted by Gasteiger charge is -2.22. The molecular formula is C63H85F3O8. The second kappa shape index (κ2) is 32.6. The number of rotatable bonds is 12. The van der Waals surface area contributed by atoms with Crippen LogP contribution >= 0.6 is 0 Å². The van der Waals surface area contributed by atoms with Crippen molar-refractivity contribution in [2.75, 3.05) is 55.9 Å². The summed E-state index contributed by atoms with van der Waals surface area (Å²) in [5, 5.41) is 0. The standard InChI is InChI=1S/C11H14O2.2C11H16O2.C10H11F3.2C10H14O/c1-8(2)9-4-3-5-10-11(9)13-7-6-12-10;1-8(2)10-6-5-9(12-3)7-11(10)13-4;1-8(2)9-6-5-7-10(12-3)11(9)13-4;1-7(2)8-5-3-4-6-9(8)10(11,12)13;1-8(2)9-4-6-10(11-3)7-5-9;1-8(2)9-6-4-5-7-10(9)11-3/h3-5,8H,6-7H2,1-2H3;2*5-8H,1-4H3;3-7H,1-2H3;2*4-8H,1-3H3. The van der Waals surface area contributed by atoms with Gasteiger partial charge in [0.15, 0.2) is 23.0 Å². The Kier molecular flexibility index (Phi) is 28.1. The van der Waals surface area contributed by atoms with Gasteiger partial charge >= 0.3 is 6.18 Å². The molecule has 6 aromatic carbocycles. The smallest absolute Gasteiger partial charge is 0.416 e. The fourth-order valence-corrected chi connectivity index (χ4v) is 7.60. The Morgan fingerprint density at radius 2 is 0.824 bits per heavy atom. The van der Waals surface area contributed by atoms with Crippen molar-refractivity contribution in [1.82, 2.24) is 0 Å². The van der Waals surface area contributed by atoms with Gasteiger partial charge in [-0.1, -0.05) is 162 Å². The van der Waals surface area contributed by atoms with Crippen LogP contribution in [0.5, 0.6) is 46.0 Å². The van der Waals surface area contributed by atoms with E-state index in [0.29, 0.717) is 48.4 Å². The van der Waals surface area contributed by atoms with Crippen LogP contribution in [0.1, 0.15) is 158 Å². The molecule has 0 atom stereocenters. The van der Waals surface area contributed by atoms with E-state index in [1.807, 2.05) is 72.8 Å². The molecule has 1 aliphatic heterocycles. The van der Waals surface area contributed by atoms with Crippen LogP contribution in [0.3, 0.4) is 0 Å². The molecule has 6 aromatic rings. The van der Waals surface area contributed by atoms with Crippen LogP contribution in [0.15, 0.2) is 127 Å². The number of methoxy groups -OCH3 is 6. The van der Waals surface area contributed by atoms with Crippen LogP contribution < -0.4 is 37.9 Å². The summed E-state index contributed by atoms with van der Waals surface area (Å²) >= 11 is 0. The van der Waals surface area contributed by atoms with Gasteiger partial charge < -0.3 is 37.9 Å². The molecule has 74 heavy (non-hydrogen) atoms. The second-order valence-electron chi connectivity index (χ2n) is 19.1. The summed E-state index contributed by atoms with van der Waals surface area (Å²) in [5.74, 6) is 9.55. The summed E-state index contributed by atoms with van der Waals surface area (Å²) < 4.78 is 79.4. The minimum atomic E-state index is -4.24. The van der Waals surface area contributed by atoms with Crippen LogP contribution in [0, 0.1) is 0 Å². The zero-order valence-electron chi connectivity index (χ0n) is 47.4. The van der Waals surface area contributed by atoms with Gasteiger partial charge in [0.2, 0.25) is 0 Å². The number of fused-ring (bicyclic) bond motifs is 1. The molecule has 0 amide bonds. The van der Waals surface area contributed by atoms with Gasteiger partial charge in [0.1, 0.15) is 36.2 Å². The highest BCUT2D eigenvalue weighted by Gasteiger charge is 2.33. The molecule has 0 saturated carbocycles. The maximum atomic E-state index is 12.4. The number of ether oxygens (including phenoxy) is 8. The van der Waals surface area contributed by atoms with Gasteiger partial charge in [-0.25, -0.2) is 0 Å². The average molecular weight is 1030 g/mol. The molecule has 0 radical (unpaired) electrons. The number of hydrogen-bond acceptors (Lipinski definition) is 8. The van der Waals surface area contributed by atoms with Gasteiger partial charge in [-0.05, 0) is 100 Å². The van der Waals surface area contributed by atoms with Crippen molar-refractivity contribution in [2.45, 2.75) is 125 Å². The van der Waals surface area contributed by atoms with Crippen molar-refractivity contribution in [3.8, 4) is 46.0 Å². The highest BCUT2D eigenvalue weighted by molar-refractivity contribution is 5.49. The molecule has 0 unspecified atom stereocenters. The van der Waals surface area contributed by atoms with Gasteiger partial charge in [0.05, 0.1) is 48.2 Å². The van der Waals surface area contributed by atoms with Crippen molar-refractivity contribution >= 4 is 0 Å². The third-order valence-corrected chi connectivity index (χ3v) is 11.8. The third kappa shape index (κ3) is 20.4. The van der Waals surface area contributed by atoms with Gasteiger partial charge in [0, 0.05) is 17.2 Å². The van der Waals surface area contributed by atoms with Gasteiger partial charge in [-0.15, -0.1) is 0 Å². The highest BCUT2D eigenvalue weighted by atomic mass is 19.4. The Bertz CT molecular complexity index is 2450. The monoisotopic (exact) mass is 1030 g/mol. The largest absolute Gasteiger partial charge is 0.497 e. The normalized spacial score (nSPS) is 11.3. The lowest BCUT2D eigenvalue weighted by atomic mass is 9.97. The molecule has 0 N–H and O–H groups in total. The molecule has 406 valence electrons. The SMILES string of the molecule is CC(C)c1cccc2c1OCCO2.CC(C)c1ccccc1C(F)(F)F.COc1ccc(C(C)C)c(OC)c1.COc1ccc(C(C)C)cc1.COc1cccc(C(C)C)c1OC.COc1ccccc1C(C)C. The van der Waals surface area contributed by atoms with E-state index < -0.39 is 11.7 Å². The van der Waals surface area contributed by atoms with Crippen LogP contribution in [-0.2, 0) is 6.18 Å². The van der Waals surface area contributed by atoms with Crippen LogP contribution in [-0.4, -0.2) is 55.9 Å². The predicted molar refractivity (Wildman–Crippen MR) is 298 cm³/mol. The van der Waals surface area contributed by atoms with E-state index in [1.165, 1.54) is 39.9 Å². The molecule has 1 aliphatic rings. The first kappa shape index (κ1) is 63.6. The van der Waals surface area contributed by atoms with Gasteiger partial charge in [-0.2, -0.15) is 13.2 Å². The Balaban J connectivity index is 0.000000305. The first-order valence-electron chi connectivity index (χ1n) is 25.3. The Hall–Kier alpha value is -6.49. The Morgan fingerprint density at radius 3 is 1.30 bits per heavy atom. The molecule has 0 saturated heterocycles. The van der Waals surface area contributed by atoms with E-state index in [1.54, 1.807) is 62.6 Å². The summed E-state index contributed by atoms with van der Waals surface area (Å²) in [6, 6.07) is 39.9. The van der Waals surface area contributed by atoms with Crippen LogP contribution in [0.2, 0.25) is 0 Å². The molecule has 0 aliphatic carbocycles. The molecule has 0 fully saturated rings. The lowest BCUT2D eigenvalue weighted by molar-refractivity contribution is -0.138. The number of alkyl halides is 3. The van der Waals surface area contributed by atoms with E-state index in [0.717, 1.165) is 52.1 Å². The van der Waals surface area contributed by atoms with Crippen molar-refractivity contribution in [3.05, 3.63) is 166 Å². The lowest BCUT2D eigenvalue weighted by Crippen LogP contribution is -2.16. The number of benzene rings is 6. The topological polar surface area (TPSA) is 73.8 Å². The minimum Gasteiger partial charge on any atom is -0.497 e. The molecule has 8 nitrogen and oxygen atoms in total. The average Bonchev–Trinajstić information content (AvgIpc) is 3.40. The fourth-order valence-electron chi connectivity index (χ4n) is 7.60. The number of halogens is 3. The summed E-state index contributed by atoms with van der Waals surface area (Å²) in [7, 11) is 10.1. The molecule has 11 heteroatoms. The first-order chi connectivity index (χ1) is 35.1. The van der Waals surface area contributed by atoms with Crippen molar-refractivity contribution in [3.63, 3.8) is 0 Å². The second-order valence-corrected chi connectivity index (χ2v) is 19.1. The first-order valence-corrected chi connectivity index (χ1v) is 25.3. The Morgan fingerprint density at radius 1 is 0.378 bits per heavy atom. The predicted octanol–water partition coefficient (Wildman–Crippen LogP) is 17.7. The molecule has 0 bridgehead atoms. The maximum absolute atomic E-state index is 12.4. The van der Waals surface area contributed by atoms with Crippen molar-refractivity contribution in [1.29, 1.82) is 0 Å². The van der Waals surface area contributed by atoms with E-state index in [-0.39, 0.29) is 5.92 Å². The zero-order valence-corrected chi connectivity index (χ0v) is 47.4. The molecule has 0 spiro atoms. The minimum absolute atomic E-state index is 0.0992. The fraction of sp³-hybridized carbons (Fsp3) is 0.429. The van der Waals surface area contributed by atoms with Gasteiger partial charge in [0.25, 0.3) is 0 Å². The van der Waals surface area contributed by atoms with Crippen molar-refractivity contribution < 1.29 is 51.1 Å². The van der Waals surface area contributed by atoms with E-state index in [9.17, 15) is 13.2 Å². The number of para-hydroxylation sites is 3. The summed E-state index contributed by atoms with van der Waals surface area (Å²) in [5.41, 5.74) is 6.09. The molecule has 7 rings (SSSR count). The summed E-state index contributed by atoms with van der Waals surface area (Å²) in [4.78, 5) is 0. The van der Waals surface area contributed by atoms with Crippen molar-refractivity contribution in [2.24, 2.45) is 0 Å². The maximum Gasteiger partial charge on any atom is 0.416 e. The third-order valence-electron chi connectivity index (χ3n) is 11.8. The van der Waals surface area contributed by atoms with Gasteiger partial charge in [-0.3, -0.25) is 0 Å². The van der Waals surface area contributed by atoms with Crippen LogP contribution in [0.4, 0.5) is 13.2 Å². The summed E-state index contributed by atoms with van der Waals surface area (Å²) in [6.07, 6.45) is -4.24. The summed E-state index contributed by atoms with van der Waals surface area (Å²) in [6.45, 7) is 26.4. The van der Waals surface area contributed by atoms with E-state index in [2.05, 4.69) is 99.6 Å². The molecule has 1 heterocycles. The number of hydrogen-bond donors (Lipinski definition) is 0. The van der Waals surface area contributed by atoms with E-state index in [4.69, 9.17) is 37.9 Å². The quantitative estimate of drug-likeness (QED) is 0.120. The zero-order chi connectivity index (χ0) is 55.5. The van der Waals surface area contributed by atoms with Crippen LogP contribution in [0.25, 0.3) is 0 Å². The molecule has 0 aromatic heterocycles. The molecular weight excluding hydrogens is 942 g/mol.